The van der Waals surface area contributed by atoms with Gasteiger partial charge in [0.25, 0.3) is 0 Å². The summed E-state index contributed by atoms with van der Waals surface area (Å²) in [7, 11) is 2.15. The molecule has 0 saturated heterocycles. The molecular weight excluding hydrogens is 174 g/mol. The van der Waals surface area contributed by atoms with Gasteiger partial charge in [-0.25, -0.2) is 0 Å². The Labute approximate surface area is 84.9 Å². The van der Waals surface area contributed by atoms with Gasteiger partial charge >= 0.3 is 0 Å². The molecule has 0 spiro atoms. The lowest BCUT2D eigenvalue weighted by molar-refractivity contribution is 0.401. The summed E-state index contributed by atoms with van der Waals surface area (Å²) in [5.74, 6) is 0. The second-order valence-electron chi connectivity index (χ2n) is 3.91. The maximum Gasteiger partial charge on any atom is 0.0560 e. The molecule has 1 saturated carbocycles. The number of hydrogen-bond donors (Lipinski definition) is 1. The Bertz CT molecular complexity index is 307. The van der Waals surface area contributed by atoms with E-state index >= 15 is 0 Å². The molecule has 2 N–H and O–H groups in total. The van der Waals surface area contributed by atoms with Gasteiger partial charge < -0.3 is 10.6 Å². The average molecular weight is 191 g/mol. The van der Waals surface area contributed by atoms with Gasteiger partial charge in [-0.15, -0.1) is 0 Å². The molecule has 1 heterocycles. The first-order valence-electron chi connectivity index (χ1n) is 5.19. The fraction of sp³-hybridized carbons (Fsp3) is 0.545. The minimum atomic E-state index is 0.520. The monoisotopic (exact) mass is 191 g/mol. The number of pyridine rings is 1. The van der Waals surface area contributed by atoms with E-state index in [9.17, 15) is 0 Å². The molecule has 0 bridgehead atoms. The lowest BCUT2D eigenvalue weighted by atomic mass is 9.91. The van der Waals surface area contributed by atoms with Crippen LogP contribution >= 0.6 is 0 Å². The van der Waals surface area contributed by atoms with Crippen LogP contribution in [0.5, 0.6) is 0 Å². The van der Waals surface area contributed by atoms with Crippen molar-refractivity contribution in [3.8, 4) is 0 Å². The van der Waals surface area contributed by atoms with Crippen LogP contribution in [0, 0.1) is 0 Å². The molecule has 2 rings (SSSR count). The highest BCUT2D eigenvalue weighted by molar-refractivity contribution is 5.47. The molecule has 0 aromatic carbocycles. The summed E-state index contributed by atoms with van der Waals surface area (Å²) >= 11 is 0. The molecule has 3 heteroatoms. The summed E-state index contributed by atoms with van der Waals surface area (Å²) in [5.41, 5.74) is 7.77. The van der Waals surface area contributed by atoms with Crippen molar-refractivity contribution in [2.75, 3.05) is 11.9 Å². The third kappa shape index (κ3) is 1.73. The minimum absolute atomic E-state index is 0.520. The highest BCUT2D eigenvalue weighted by atomic mass is 15.1. The molecule has 0 aliphatic heterocycles. The zero-order valence-electron chi connectivity index (χ0n) is 8.61. The number of hydrogen-bond acceptors (Lipinski definition) is 3. The van der Waals surface area contributed by atoms with Gasteiger partial charge in [-0.05, 0) is 31.4 Å². The summed E-state index contributed by atoms with van der Waals surface area (Å²) < 4.78 is 0. The normalized spacial score (nSPS) is 16.4. The molecule has 1 aromatic heterocycles. The number of aromatic nitrogens is 1. The zero-order valence-corrected chi connectivity index (χ0v) is 8.61. The Kier molecular flexibility index (Phi) is 2.68. The number of nitrogens with two attached hydrogens (primary N) is 1. The van der Waals surface area contributed by atoms with Gasteiger partial charge in [0, 0.05) is 31.5 Å². The molecule has 1 aromatic rings. The molecule has 0 radical (unpaired) electrons. The van der Waals surface area contributed by atoms with Crippen LogP contribution in [-0.2, 0) is 6.54 Å². The van der Waals surface area contributed by atoms with Crippen LogP contribution in [0.2, 0.25) is 0 Å². The van der Waals surface area contributed by atoms with Crippen molar-refractivity contribution < 1.29 is 0 Å². The highest BCUT2D eigenvalue weighted by Crippen LogP contribution is 2.27. The Morgan fingerprint density at radius 1 is 1.57 bits per heavy atom. The predicted molar refractivity (Wildman–Crippen MR) is 58.2 cm³/mol. The van der Waals surface area contributed by atoms with Gasteiger partial charge in [0.05, 0.1) is 5.69 Å². The summed E-state index contributed by atoms with van der Waals surface area (Å²) in [5, 5.41) is 0. The van der Waals surface area contributed by atoms with Crippen molar-refractivity contribution >= 4 is 5.69 Å². The second-order valence-corrected chi connectivity index (χ2v) is 3.91. The van der Waals surface area contributed by atoms with Crippen LogP contribution in [0.4, 0.5) is 5.69 Å². The Morgan fingerprint density at radius 3 is 2.93 bits per heavy atom. The van der Waals surface area contributed by atoms with E-state index in [1.807, 2.05) is 6.20 Å². The second kappa shape index (κ2) is 3.96. The number of anilines is 1. The molecule has 0 atom stereocenters. The quantitative estimate of drug-likeness (QED) is 0.787. The van der Waals surface area contributed by atoms with Crippen LogP contribution < -0.4 is 10.6 Å². The minimum Gasteiger partial charge on any atom is -0.372 e. The third-order valence-corrected chi connectivity index (χ3v) is 3.04. The molecule has 76 valence electrons. The van der Waals surface area contributed by atoms with Crippen molar-refractivity contribution in [3.05, 3.63) is 24.0 Å². The Morgan fingerprint density at radius 2 is 2.36 bits per heavy atom. The molecule has 1 aliphatic rings. The Hall–Kier alpha value is -1.09. The van der Waals surface area contributed by atoms with Gasteiger partial charge in [-0.3, -0.25) is 4.98 Å². The van der Waals surface area contributed by atoms with Crippen molar-refractivity contribution in [1.82, 2.24) is 4.98 Å². The van der Waals surface area contributed by atoms with E-state index < -0.39 is 0 Å². The van der Waals surface area contributed by atoms with E-state index in [1.165, 1.54) is 24.9 Å². The number of rotatable bonds is 3. The van der Waals surface area contributed by atoms with Crippen LogP contribution in [0.25, 0.3) is 0 Å². The maximum atomic E-state index is 5.56. The smallest absolute Gasteiger partial charge is 0.0560 e. The lowest BCUT2D eigenvalue weighted by Gasteiger charge is -2.36. The average Bonchev–Trinajstić information content (AvgIpc) is 2.15. The maximum absolute atomic E-state index is 5.56. The van der Waals surface area contributed by atoms with Gasteiger partial charge in [0.2, 0.25) is 0 Å². The molecule has 0 amide bonds. The van der Waals surface area contributed by atoms with Crippen LogP contribution in [0.1, 0.15) is 25.0 Å². The molecule has 1 aliphatic carbocycles. The fourth-order valence-corrected chi connectivity index (χ4v) is 1.78. The largest absolute Gasteiger partial charge is 0.372 e. The van der Waals surface area contributed by atoms with E-state index in [0.717, 1.165) is 11.7 Å². The standard InChI is InChI=1S/C11H17N3/c1-14(10-3-2-4-10)11-5-6-13-9(7-11)8-12/h5-7,10H,2-4,8,12H2,1H3. The SMILES string of the molecule is CN(c1ccnc(CN)c1)C1CCC1. The van der Waals surface area contributed by atoms with Gasteiger partial charge in [0.1, 0.15) is 0 Å². The first-order valence-corrected chi connectivity index (χ1v) is 5.19. The first-order chi connectivity index (χ1) is 6.81. The van der Waals surface area contributed by atoms with E-state index in [-0.39, 0.29) is 0 Å². The molecule has 1 fully saturated rings. The summed E-state index contributed by atoms with van der Waals surface area (Å²) in [4.78, 5) is 6.53. The number of nitrogens with zero attached hydrogens (tertiary/aromatic N) is 2. The van der Waals surface area contributed by atoms with Crippen molar-refractivity contribution in [3.63, 3.8) is 0 Å². The van der Waals surface area contributed by atoms with Crippen molar-refractivity contribution in [2.24, 2.45) is 5.73 Å². The van der Waals surface area contributed by atoms with Crippen LogP contribution in [-0.4, -0.2) is 18.1 Å². The fourth-order valence-electron chi connectivity index (χ4n) is 1.78. The van der Waals surface area contributed by atoms with E-state index in [4.69, 9.17) is 5.73 Å². The molecule has 14 heavy (non-hydrogen) atoms. The summed E-state index contributed by atoms with van der Waals surface area (Å²) in [6.07, 6.45) is 5.84. The van der Waals surface area contributed by atoms with Gasteiger partial charge in [-0.1, -0.05) is 0 Å². The molecular formula is C11H17N3. The predicted octanol–water partition coefficient (Wildman–Crippen LogP) is 1.53. The van der Waals surface area contributed by atoms with Crippen LogP contribution in [0.15, 0.2) is 18.3 Å². The van der Waals surface area contributed by atoms with E-state index in [2.05, 4.69) is 29.1 Å². The van der Waals surface area contributed by atoms with Crippen molar-refractivity contribution in [2.45, 2.75) is 31.8 Å². The van der Waals surface area contributed by atoms with Gasteiger partial charge in [-0.2, -0.15) is 0 Å². The third-order valence-electron chi connectivity index (χ3n) is 3.04. The highest BCUT2D eigenvalue weighted by Gasteiger charge is 2.22. The zero-order chi connectivity index (χ0) is 9.97. The lowest BCUT2D eigenvalue weighted by Crippen LogP contribution is -2.37. The van der Waals surface area contributed by atoms with Gasteiger partial charge in [0.15, 0.2) is 0 Å². The summed E-state index contributed by atoms with van der Waals surface area (Å²) in [6.45, 7) is 0.520. The molecule has 3 nitrogen and oxygen atoms in total. The van der Waals surface area contributed by atoms with E-state index in [0.29, 0.717) is 6.54 Å². The summed E-state index contributed by atoms with van der Waals surface area (Å²) in [6, 6.07) is 4.86. The van der Waals surface area contributed by atoms with E-state index in [1.54, 1.807) is 0 Å². The Balaban J connectivity index is 2.13. The van der Waals surface area contributed by atoms with Crippen LogP contribution in [0.3, 0.4) is 0 Å². The molecule has 0 unspecified atom stereocenters. The topological polar surface area (TPSA) is 42.2 Å². The van der Waals surface area contributed by atoms with Crippen molar-refractivity contribution in [1.29, 1.82) is 0 Å². The first kappa shape index (κ1) is 9.46.